The minimum Gasteiger partial charge on any atom is -0.507 e. The van der Waals surface area contributed by atoms with Gasteiger partial charge in [0.15, 0.2) is 0 Å². The van der Waals surface area contributed by atoms with E-state index in [9.17, 15) is 14.7 Å². The second-order valence-corrected chi connectivity index (χ2v) is 7.30. The van der Waals surface area contributed by atoms with E-state index in [2.05, 4.69) is 18.7 Å². The molecule has 1 saturated heterocycles. The molecule has 1 fully saturated rings. The highest BCUT2D eigenvalue weighted by atomic mass is 16.3. The average molecular weight is 392 g/mol. The first-order valence-corrected chi connectivity index (χ1v) is 10.1. The Bertz CT molecular complexity index is 899. The second kappa shape index (κ2) is 9.05. The predicted molar refractivity (Wildman–Crippen MR) is 114 cm³/mol. The fraction of sp³-hybridized carbons (Fsp3) is 0.333. The molecule has 0 unspecified atom stereocenters. The van der Waals surface area contributed by atoms with Crippen molar-refractivity contribution < 1.29 is 14.7 Å². The minimum absolute atomic E-state index is 0.125. The van der Waals surface area contributed by atoms with Crippen molar-refractivity contribution in [2.24, 2.45) is 0 Å². The van der Waals surface area contributed by atoms with Crippen LogP contribution in [0.3, 0.4) is 0 Å². The number of Topliss-reactive ketones (excluding diaryl/α,β-unsaturated/α-hetero) is 1. The number of nitrogens with zero attached hydrogens (tertiary/aromatic N) is 2. The van der Waals surface area contributed by atoms with Crippen molar-refractivity contribution in [3.8, 4) is 0 Å². The molecular weight excluding hydrogens is 364 g/mol. The van der Waals surface area contributed by atoms with Gasteiger partial charge in [0, 0.05) is 18.7 Å². The second-order valence-electron chi connectivity index (χ2n) is 7.30. The molecule has 0 radical (unpaired) electrons. The van der Waals surface area contributed by atoms with Crippen molar-refractivity contribution in [2.75, 3.05) is 26.2 Å². The third-order valence-electron chi connectivity index (χ3n) is 5.53. The van der Waals surface area contributed by atoms with E-state index in [1.54, 1.807) is 29.2 Å². The monoisotopic (exact) mass is 392 g/mol. The van der Waals surface area contributed by atoms with E-state index < -0.39 is 17.7 Å². The Morgan fingerprint density at radius 1 is 1.00 bits per heavy atom. The molecule has 0 aromatic heterocycles. The highest BCUT2D eigenvalue weighted by Gasteiger charge is 2.45. The van der Waals surface area contributed by atoms with Crippen LogP contribution in [0.4, 0.5) is 0 Å². The molecular formula is C24H28N2O3. The number of hydrogen-bond donors (Lipinski definition) is 1. The van der Waals surface area contributed by atoms with Crippen LogP contribution in [0.5, 0.6) is 0 Å². The van der Waals surface area contributed by atoms with Gasteiger partial charge in [-0.05, 0) is 25.6 Å². The van der Waals surface area contributed by atoms with Crippen LogP contribution in [0.25, 0.3) is 5.76 Å². The molecule has 1 aliphatic rings. The van der Waals surface area contributed by atoms with E-state index >= 15 is 0 Å². The summed E-state index contributed by atoms with van der Waals surface area (Å²) in [6.45, 7) is 8.99. The number of rotatable bonds is 7. The van der Waals surface area contributed by atoms with Crippen LogP contribution >= 0.6 is 0 Å². The molecule has 2 aromatic carbocycles. The summed E-state index contributed by atoms with van der Waals surface area (Å²) in [6, 6.07) is 16.1. The molecule has 0 saturated carbocycles. The Hall–Kier alpha value is -2.92. The molecule has 0 aliphatic carbocycles. The van der Waals surface area contributed by atoms with Gasteiger partial charge in [-0.3, -0.25) is 9.59 Å². The van der Waals surface area contributed by atoms with Crippen molar-refractivity contribution >= 4 is 17.4 Å². The Morgan fingerprint density at radius 2 is 1.62 bits per heavy atom. The standard InChI is InChI=1S/C24H28N2O3/c1-4-25(5-2)15-16-26-21(18-13-11-17(3)12-14-18)20(23(28)24(26)29)22(27)19-9-7-6-8-10-19/h6-14,21,27H,4-5,15-16H2,1-3H3/b22-20+/t21-/m1/s1. The lowest BCUT2D eigenvalue weighted by atomic mass is 9.95. The molecule has 152 valence electrons. The smallest absolute Gasteiger partial charge is 0.295 e. The summed E-state index contributed by atoms with van der Waals surface area (Å²) in [5.74, 6) is -1.31. The average Bonchev–Trinajstić information content (AvgIpc) is 3.00. The van der Waals surface area contributed by atoms with Crippen LogP contribution < -0.4 is 0 Å². The Kier molecular flexibility index (Phi) is 6.49. The summed E-state index contributed by atoms with van der Waals surface area (Å²) in [5.41, 5.74) is 2.61. The first-order valence-electron chi connectivity index (χ1n) is 10.1. The topological polar surface area (TPSA) is 60.9 Å². The van der Waals surface area contributed by atoms with E-state index in [1.807, 2.05) is 37.3 Å². The van der Waals surface area contributed by atoms with Crippen LogP contribution in [-0.2, 0) is 9.59 Å². The predicted octanol–water partition coefficient (Wildman–Crippen LogP) is 3.76. The van der Waals surface area contributed by atoms with Gasteiger partial charge in [0.25, 0.3) is 11.7 Å². The van der Waals surface area contributed by atoms with Gasteiger partial charge in [0.1, 0.15) is 5.76 Å². The number of benzene rings is 2. The highest BCUT2D eigenvalue weighted by molar-refractivity contribution is 6.46. The van der Waals surface area contributed by atoms with E-state index in [4.69, 9.17) is 0 Å². The van der Waals surface area contributed by atoms with Crippen LogP contribution in [-0.4, -0.2) is 52.8 Å². The molecule has 0 spiro atoms. The zero-order valence-corrected chi connectivity index (χ0v) is 17.3. The molecule has 3 rings (SSSR count). The minimum atomic E-state index is -0.628. The molecule has 1 aliphatic heterocycles. The van der Waals surface area contributed by atoms with Gasteiger partial charge < -0.3 is 14.9 Å². The van der Waals surface area contributed by atoms with Gasteiger partial charge >= 0.3 is 0 Å². The SMILES string of the molecule is CCN(CC)CCN1C(=O)C(=O)/C(=C(/O)c2ccccc2)[C@H]1c1ccc(C)cc1. The number of amides is 1. The van der Waals surface area contributed by atoms with Crippen molar-refractivity contribution in [1.82, 2.24) is 9.80 Å². The number of aliphatic hydroxyl groups is 1. The maximum Gasteiger partial charge on any atom is 0.295 e. The largest absolute Gasteiger partial charge is 0.507 e. The zero-order valence-electron chi connectivity index (χ0n) is 17.3. The molecule has 1 atom stereocenters. The summed E-state index contributed by atoms with van der Waals surface area (Å²) >= 11 is 0. The number of likely N-dealkylation sites (tertiary alicyclic amines) is 1. The normalized spacial score (nSPS) is 18.6. The maximum absolute atomic E-state index is 12.9. The molecule has 1 N–H and O–H groups in total. The summed E-state index contributed by atoms with van der Waals surface area (Å²) in [5, 5.41) is 11.0. The van der Waals surface area contributed by atoms with Crippen LogP contribution in [0.15, 0.2) is 60.2 Å². The third kappa shape index (κ3) is 4.25. The Balaban J connectivity index is 2.07. The van der Waals surface area contributed by atoms with E-state index in [1.165, 1.54) is 0 Å². The van der Waals surface area contributed by atoms with Crippen molar-refractivity contribution in [1.29, 1.82) is 0 Å². The van der Waals surface area contributed by atoms with Crippen molar-refractivity contribution in [2.45, 2.75) is 26.8 Å². The Labute approximate surface area is 172 Å². The molecule has 5 nitrogen and oxygen atoms in total. The molecule has 1 amide bonds. The lowest BCUT2D eigenvalue weighted by Gasteiger charge is -2.28. The summed E-state index contributed by atoms with van der Waals surface area (Å²) in [6.07, 6.45) is 0. The summed E-state index contributed by atoms with van der Waals surface area (Å²) < 4.78 is 0. The molecule has 5 heteroatoms. The highest BCUT2D eigenvalue weighted by Crippen LogP contribution is 2.39. The van der Waals surface area contributed by atoms with Gasteiger partial charge in [-0.15, -0.1) is 0 Å². The van der Waals surface area contributed by atoms with E-state index in [0.717, 1.165) is 24.2 Å². The third-order valence-corrected chi connectivity index (χ3v) is 5.53. The van der Waals surface area contributed by atoms with Gasteiger partial charge in [0.2, 0.25) is 0 Å². The van der Waals surface area contributed by atoms with Gasteiger partial charge in [-0.1, -0.05) is 74.0 Å². The lowest BCUT2D eigenvalue weighted by Crippen LogP contribution is -2.38. The van der Waals surface area contributed by atoms with E-state index in [-0.39, 0.29) is 11.3 Å². The van der Waals surface area contributed by atoms with Crippen LogP contribution in [0.1, 0.15) is 36.6 Å². The number of ketones is 1. The summed E-state index contributed by atoms with van der Waals surface area (Å²) in [4.78, 5) is 29.7. The number of hydrogen-bond acceptors (Lipinski definition) is 4. The quantitative estimate of drug-likeness (QED) is 0.443. The van der Waals surface area contributed by atoms with Gasteiger partial charge in [-0.2, -0.15) is 0 Å². The van der Waals surface area contributed by atoms with Gasteiger partial charge in [0.05, 0.1) is 11.6 Å². The maximum atomic E-state index is 12.9. The number of carbonyl (C=O) groups excluding carboxylic acids is 2. The van der Waals surface area contributed by atoms with Crippen LogP contribution in [0, 0.1) is 6.92 Å². The fourth-order valence-corrected chi connectivity index (χ4v) is 3.75. The lowest BCUT2D eigenvalue weighted by molar-refractivity contribution is -0.140. The van der Waals surface area contributed by atoms with Crippen LogP contribution in [0.2, 0.25) is 0 Å². The number of aryl methyl sites for hydroxylation is 1. The number of carbonyl (C=O) groups is 2. The zero-order chi connectivity index (χ0) is 21.0. The molecule has 0 bridgehead atoms. The Morgan fingerprint density at radius 3 is 2.21 bits per heavy atom. The first kappa shape index (κ1) is 20.8. The van der Waals surface area contributed by atoms with Crippen molar-refractivity contribution in [3.05, 3.63) is 76.9 Å². The van der Waals surface area contributed by atoms with E-state index in [0.29, 0.717) is 18.7 Å². The summed E-state index contributed by atoms with van der Waals surface area (Å²) in [7, 11) is 0. The molecule has 1 heterocycles. The van der Waals surface area contributed by atoms with Gasteiger partial charge in [-0.25, -0.2) is 0 Å². The molecule has 2 aromatic rings. The molecule has 29 heavy (non-hydrogen) atoms. The number of aliphatic hydroxyl groups excluding tert-OH is 1. The fourth-order valence-electron chi connectivity index (χ4n) is 3.75. The first-order chi connectivity index (χ1) is 14.0. The van der Waals surface area contributed by atoms with Crippen molar-refractivity contribution in [3.63, 3.8) is 0 Å². The number of likely N-dealkylation sites (N-methyl/N-ethyl adjacent to an activating group) is 1.